The lowest BCUT2D eigenvalue weighted by molar-refractivity contribution is 0.188. The molecule has 1 heterocycles. The first-order valence-electron chi connectivity index (χ1n) is 7.19. The maximum absolute atomic E-state index is 3.63. The van der Waals surface area contributed by atoms with Crippen LogP contribution in [0.5, 0.6) is 0 Å². The summed E-state index contributed by atoms with van der Waals surface area (Å²) in [5.74, 6) is 2.07. The Labute approximate surface area is 112 Å². The quantitative estimate of drug-likeness (QED) is 0.756. The predicted molar refractivity (Wildman–Crippen MR) is 79.9 cm³/mol. The SMILES string of the molecule is CCCC(CNCC(C)C)N1CCSC(C)C1. The van der Waals surface area contributed by atoms with E-state index in [1.807, 2.05) is 0 Å². The fourth-order valence-corrected chi connectivity index (χ4v) is 3.50. The summed E-state index contributed by atoms with van der Waals surface area (Å²) in [4.78, 5) is 2.71. The maximum atomic E-state index is 3.63. The molecule has 2 atom stereocenters. The van der Waals surface area contributed by atoms with Crippen LogP contribution in [0.3, 0.4) is 0 Å². The van der Waals surface area contributed by atoms with E-state index < -0.39 is 0 Å². The third-order valence-corrected chi connectivity index (χ3v) is 4.48. The van der Waals surface area contributed by atoms with Gasteiger partial charge in [0.15, 0.2) is 0 Å². The lowest BCUT2D eigenvalue weighted by Crippen LogP contribution is -2.48. The van der Waals surface area contributed by atoms with E-state index in [0.29, 0.717) is 0 Å². The number of rotatable bonds is 7. The predicted octanol–water partition coefficient (Wildman–Crippen LogP) is 2.84. The van der Waals surface area contributed by atoms with Gasteiger partial charge in [-0.1, -0.05) is 34.1 Å². The normalized spacial score (nSPS) is 24.2. The molecule has 1 aliphatic rings. The van der Waals surface area contributed by atoms with Gasteiger partial charge in [0, 0.05) is 36.7 Å². The Hall–Kier alpha value is 0.270. The van der Waals surface area contributed by atoms with E-state index in [4.69, 9.17) is 0 Å². The van der Waals surface area contributed by atoms with Crippen LogP contribution in [-0.4, -0.2) is 48.1 Å². The molecule has 1 saturated heterocycles. The molecule has 0 radical (unpaired) electrons. The molecule has 1 rings (SSSR count). The molecule has 1 fully saturated rings. The molecule has 0 aromatic carbocycles. The molecule has 3 heteroatoms. The molecule has 17 heavy (non-hydrogen) atoms. The van der Waals surface area contributed by atoms with Gasteiger partial charge in [0.05, 0.1) is 0 Å². The lowest BCUT2D eigenvalue weighted by Gasteiger charge is -2.37. The standard InChI is InChI=1S/C14H30N2S/c1-5-6-14(10-15-9-12(2)3)16-7-8-17-13(4)11-16/h12-15H,5-11H2,1-4H3. The molecule has 0 saturated carbocycles. The van der Waals surface area contributed by atoms with Crippen molar-refractivity contribution in [1.29, 1.82) is 0 Å². The van der Waals surface area contributed by atoms with Gasteiger partial charge in [0.2, 0.25) is 0 Å². The molecule has 0 aromatic rings. The van der Waals surface area contributed by atoms with Gasteiger partial charge in [-0.05, 0) is 18.9 Å². The molecule has 0 aromatic heterocycles. The van der Waals surface area contributed by atoms with Gasteiger partial charge in [-0.15, -0.1) is 0 Å². The highest BCUT2D eigenvalue weighted by atomic mass is 32.2. The van der Waals surface area contributed by atoms with Crippen molar-refractivity contribution in [2.75, 3.05) is 31.9 Å². The summed E-state index contributed by atoms with van der Waals surface area (Å²) >= 11 is 2.12. The Morgan fingerprint density at radius 3 is 2.71 bits per heavy atom. The van der Waals surface area contributed by atoms with Crippen molar-refractivity contribution in [3.63, 3.8) is 0 Å². The number of nitrogens with one attached hydrogen (secondary N) is 1. The van der Waals surface area contributed by atoms with Crippen molar-refractivity contribution in [3.8, 4) is 0 Å². The maximum Gasteiger partial charge on any atom is 0.0221 e. The van der Waals surface area contributed by atoms with Crippen LogP contribution in [0.25, 0.3) is 0 Å². The number of thioether (sulfide) groups is 1. The average molecular weight is 258 g/mol. The second-order valence-corrected chi connectivity index (χ2v) is 7.22. The van der Waals surface area contributed by atoms with Gasteiger partial charge in [0.25, 0.3) is 0 Å². The van der Waals surface area contributed by atoms with Crippen LogP contribution < -0.4 is 5.32 Å². The van der Waals surface area contributed by atoms with E-state index in [9.17, 15) is 0 Å². The monoisotopic (exact) mass is 258 g/mol. The Bertz CT molecular complexity index is 197. The van der Waals surface area contributed by atoms with Gasteiger partial charge in [0.1, 0.15) is 0 Å². The molecule has 2 unspecified atom stereocenters. The second-order valence-electron chi connectivity index (χ2n) is 5.67. The summed E-state index contributed by atoms with van der Waals surface area (Å²) < 4.78 is 0. The summed E-state index contributed by atoms with van der Waals surface area (Å²) in [7, 11) is 0. The minimum atomic E-state index is 0.752. The first-order valence-corrected chi connectivity index (χ1v) is 8.24. The highest BCUT2D eigenvalue weighted by Crippen LogP contribution is 2.20. The van der Waals surface area contributed by atoms with E-state index in [0.717, 1.165) is 23.8 Å². The Morgan fingerprint density at radius 2 is 2.12 bits per heavy atom. The number of hydrogen-bond donors (Lipinski definition) is 1. The zero-order valence-electron chi connectivity index (χ0n) is 12.0. The van der Waals surface area contributed by atoms with Crippen molar-refractivity contribution in [2.24, 2.45) is 5.92 Å². The first kappa shape index (κ1) is 15.3. The smallest absolute Gasteiger partial charge is 0.0221 e. The van der Waals surface area contributed by atoms with Crippen molar-refractivity contribution in [2.45, 2.75) is 51.8 Å². The van der Waals surface area contributed by atoms with Gasteiger partial charge in [-0.3, -0.25) is 4.90 Å². The molecule has 1 N–H and O–H groups in total. The molecular formula is C14H30N2S. The minimum absolute atomic E-state index is 0.752. The highest BCUT2D eigenvalue weighted by molar-refractivity contribution is 7.99. The molecule has 102 valence electrons. The van der Waals surface area contributed by atoms with E-state index in [1.54, 1.807) is 0 Å². The zero-order valence-corrected chi connectivity index (χ0v) is 12.9. The Morgan fingerprint density at radius 1 is 1.35 bits per heavy atom. The van der Waals surface area contributed by atoms with E-state index in [-0.39, 0.29) is 0 Å². The van der Waals surface area contributed by atoms with Crippen molar-refractivity contribution >= 4 is 11.8 Å². The van der Waals surface area contributed by atoms with Crippen molar-refractivity contribution in [3.05, 3.63) is 0 Å². The summed E-state index contributed by atoms with van der Waals surface area (Å²) in [6, 6.07) is 0.752. The van der Waals surface area contributed by atoms with Crippen LogP contribution in [0, 0.1) is 5.92 Å². The molecule has 0 bridgehead atoms. The summed E-state index contributed by atoms with van der Waals surface area (Å²) in [6.07, 6.45) is 2.63. The molecule has 0 spiro atoms. The summed E-state index contributed by atoms with van der Waals surface area (Å²) in [6.45, 7) is 14.1. The first-order chi connectivity index (χ1) is 8.13. The highest BCUT2D eigenvalue weighted by Gasteiger charge is 2.23. The Kier molecular flexibility index (Phi) is 7.56. The van der Waals surface area contributed by atoms with Crippen molar-refractivity contribution in [1.82, 2.24) is 10.2 Å². The molecule has 2 nitrogen and oxygen atoms in total. The van der Waals surface area contributed by atoms with Crippen molar-refractivity contribution < 1.29 is 0 Å². The molecule has 0 amide bonds. The second kappa shape index (κ2) is 8.39. The van der Waals surface area contributed by atoms with Gasteiger partial charge >= 0.3 is 0 Å². The average Bonchev–Trinajstić information content (AvgIpc) is 2.27. The fourth-order valence-electron chi connectivity index (χ4n) is 2.46. The van der Waals surface area contributed by atoms with Crippen LogP contribution in [0.4, 0.5) is 0 Å². The van der Waals surface area contributed by atoms with Gasteiger partial charge in [-0.2, -0.15) is 11.8 Å². The third-order valence-electron chi connectivity index (χ3n) is 3.34. The van der Waals surface area contributed by atoms with Gasteiger partial charge in [-0.25, -0.2) is 0 Å². The largest absolute Gasteiger partial charge is 0.315 e. The molecule has 0 aliphatic carbocycles. The topological polar surface area (TPSA) is 15.3 Å². The Balaban J connectivity index is 2.35. The van der Waals surface area contributed by atoms with Crippen LogP contribution >= 0.6 is 11.8 Å². The fraction of sp³-hybridized carbons (Fsp3) is 1.00. The molecule has 1 aliphatic heterocycles. The lowest BCUT2D eigenvalue weighted by atomic mass is 10.1. The van der Waals surface area contributed by atoms with Crippen LogP contribution in [0.1, 0.15) is 40.5 Å². The van der Waals surface area contributed by atoms with E-state index in [1.165, 1.54) is 38.2 Å². The van der Waals surface area contributed by atoms with Crippen LogP contribution in [0.15, 0.2) is 0 Å². The number of hydrogen-bond acceptors (Lipinski definition) is 3. The molecular weight excluding hydrogens is 228 g/mol. The number of nitrogens with zero attached hydrogens (tertiary/aromatic N) is 1. The minimum Gasteiger partial charge on any atom is -0.315 e. The van der Waals surface area contributed by atoms with Gasteiger partial charge < -0.3 is 5.32 Å². The summed E-state index contributed by atoms with van der Waals surface area (Å²) in [5.41, 5.74) is 0. The summed E-state index contributed by atoms with van der Waals surface area (Å²) in [5, 5.41) is 4.45. The van der Waals surface area contributed by atoms with Crippen LogP contribution in [0.2, 0.25) is 0 Å². The van der Waals surface area contributed by atoms with Crippen LogP contribution in [-0.2, 0) is 0 Å². The zero-order chi connectivity index (χ0) is 12.7. The third kappa shape index (κ3) is 6.12. The van der Waals surface area contributed by atoms with E-state index in [2.05, 4.69) is 49.7 Å². The van der Waals surface area contributed by atoms with E-state index >= 15 is 0 Å².